The third-order valence-corrected chi connectivity index (χ3v) is 4.42. The Morgan fingerprint density at radius 3 is 2.76 bits per heavy atom. The molecule has 2 aromatic rings. The summed E-state index contributed by atoms with van der Waals surface area (Å²) in [6.07, 6.45) is 0.279. The molecule has 0 saturated heterocycles. The van der Waals surface area contributed by atoms with E-state index in [0.29, 0.717) is 0 Å². The van der Waals surface area contributed by atoms with Gasteiger partial charge in [0.15, 0.2) is 0 Å². The lowest BCUT2D eigenvalue weighted by molar-refractivity contribution is -0.141. The maximum absolute atomic E-state index is 11.8. The molecule has 0 amide bonds. The van der Waals surface area contributed by atoms with Crippen LogP contribution < -0.4 is 5.32 Å². The Bertz CT molecular complexity index is 714. The Balaban J connectivity index is 2.19. The Morgan fingerprint density at radius 2 is 2.00 bits per heavy atom. The molecule has 108 valence electrons. The molecular weight excluding hydrogens is 330 g/mol. The molecule has 0 bridgehead atoms. The van der Waals surface area contributed by atoms with Crippen molar-refractivity contribution in [3.8, 4) is 11.1 Å². The Kier molecular flexibility index (Phi) is 3.49. The van der Waals surface area contributed by atoms with Crippen LogP contribution >= 0.6 is 15.9 Å². The monoisotopic (exact) mass is 345 g/mol. The standard InChI is InChI=1S/C17H16BrNO2/c1-17(10-16(20)21-2)14-9-11(18)7-8-12(14)13-5-3-4-6-15(13)19-17/h3-9,19H,10H2,1-2H3. The van der Waals surface area contributed by atoms with Crippen molar-refractivity contribution in [1.82, 2.24) is 0 Å². The van der Waals surface area contributed by atoms with Gasteiger partial charge in [0.05, 0.1) is 19.1 Å². The number of rotatable bonds is 2. The number of hydrogen-bond donors (Lipinski definition) is 1. The lowest BCUT2D eigenvalue weighted by Crippen LogP contribution is -2.37. The number of carbonyl (C=O) groups is 1. The lowest BCUT2D eigenvalue weighted by Gasteiger charge is -2.38. The molecule has 0 aliphatic carbocycles. The highest BCUT2D eigenvalue weighted by Crippen LogP contribution is 2.45. The molecule has 1 aliphatic heterocycles. The van der Waals surface area contributed by atoms with Crippen molar-refractivity contribution in [2.75, 3.05) is 12.4 Å². The van der Waals surface area contributed by atoms with Gasteiger partial charge in [0.2, 0.25) is 0 Å². The first-order chi connectivity index (χ1) is 10.0. The molecule has 3 rings (SSSR count). The Hall–Kier alpha value is -1.81. The zero-order valence-electron chi connectivity index (χ0n) is 11.9. The number of carbonyl (C=O) groups excluding carboxylic acids is 1. The minimum absolute atomic E-state index is 0.227. The summed E-state index contributed by atoms with van der Waals surface area (Å²) in [5, 5.41) is 3.50. The highest BCUT2D eigenvalue weighted by Gasteiger charge is 2.36. The van der Waals surface area contributed by atoms with E-state index in [1.54, 1.807) is 0 Å². The van der Waals surface area contributed by atoms with Crippen LogP contribution in [0.4, 0.5) is 5.69 Å². The van der Waals surface area contributed by atoms with Crippen LogP contribution in [0.25, 0.3) is 11.1 Å². The molecule has 1 heterocycles. The van der Waals surface area contributed by atoms with Crippen molar-refractivity contribution >= 4 is 27.6 Å². The predicted molar refractivity (Wildman–Crippen MR) is 87.2 cm³/mol. The number of fused-ring (bicyclic) bond motifs is 3. The lowest BCUT2D eigenvalue weighted by atomic mass is 9.79. The molecule has 0 spiro atoms. The summed E-state index contributed by atoms with van der Waals surface area (Å²) in [6.45, 7) is 2.03. The highest BCUT2D eigenvalue weighted by atomic mass is 79.9. The van der Waals surface area contributed by atoms with E-state index in [1.165, 1.54) is 7.11 Å². The Morgan fingerprint density at radius 1 is 1.24 bits per heavy atom. The maximum Gasteiger partial charge on any atom is 0.308 e. The number of hydrogen-bond acceptors (Lipinski definition) is 3. The topological polar surface area (TPSA) is 38.3 Å². The molecule has 0 aromatic heterocycles. The first-order valence-electron chi connectivity index (χ1n) is 6.78. The van der Waals surface area contributed by atoms with Crippen molar-refractivity contribution in [3.63, 3.8) is 0 Å². The molecule has 1 aliphatic rings. The molecule has 0 fully saturated rings. The van der Waals surface area contributed by atoms with Crippen LogP contribution in [-0.2, 0) is 15.1 Å². The Labute approximate surface area is 132 Å². The molecule has 21 heavy (non-hydrogen) atoms. The molecule has 3 nitrogen and oxygen atoms in total. The predicted octanol–water partition coefficient (Wildman–Crippen LogP) is 4.32. The summed E-state index contributed by atoms with van der Waals surface area (Å²) in [6, 6.07) is 14.3. The van der Waals surface area contributed by atoms with E-state index in [1.807, 2.05) is 31.2 Å². The van der Waals surface area contributed by atoms with Crippen LogP contribution in [0.15, 0.2) is 46.9 Å². The first-order valence-corrected chi connectivity index (χ1v) is 7.57. The van der Waals surface area contributed by atoms with Gasteiger partial charge in [-0.1, -0.05) is 40.2 Å². The van der Waals surface area contributed by atoms with E-state index >= 15 is 0 Å². The van der Waals surface area contributed by atoms with Crippen molar-refractivity contribution in [2.45, 2.75) is 18.9 Å². The van der Waals surface area contributed by atoms with Gasteiger partial charge >= 0.3 is 5.97 Å². The number of para-hydroxylation sites is 1. The zero-order valence-corrected chi connectivity index (χ0v) is 13.5. The molecule has 1 N–H and O–H groups in total. The van der Waals surface area contributed by atoms with E-state index in [9.17, 15) is 4.79 Å². The number of halogens is 1. The second-order valence-corrected chi connectivity index (χ2v) is 6.36. The SMILES string of the molecule is COC(=O)CC1(C)Nc2ccccc2-c2ccc(Br)cc21. The number of nitrogens with one attached hydrogen (secondary N) is 1. The van der Waals surface area contributed by atoms with Crippen LogP contribution in [0.1, 0.15) is 18.9 Å². The van der Waals surface area contributed by atoms with Gasteiger partial charge in [-0.2, -0.15) is 0 Å². The van der Waals surface area contributed by atoms with Crippen molar-refractivity contribution in [1.29, 1.82) is 0 Å². The van der Waals surface area contributed by atoms with E-state index in [4.69, 9.17) is 4.74 Å². The molecule has 1 atom stereocenters. The van der Waals surface area contributed by atoms with Gasteiger partial charge in [0.25, 0.3) is 0 Å². The fraction of sp³-hybridized carbons (Fsp3) is 0.235. The summed E-state index contributed by atoms with van der Waals surface area (Å²) in [5.41, 5.74) is 3.96. The average Bonchev–Trinajstić information content (AvgIpc) is 2.47. The number of methoxy groups -OCH3 is 1. The molecule has 0 radical (unpaired) electrons. The summed E-state index contributed by atoms with van der Waals surface area (Å²) < 4.78 is 5.86. The second kappa shape index (κ2) is 5.19. The van der Waals surface area contributed by atoms with Gasteiger partial charge in [-0.25, -0.2) is 0 Å². The van der Waals surface area contributed by atoms with Gasteiger partial charge in [-0.15, -0.1) is 0 Å². The van der Waals surface area contributed by atoms with Crippen LogP contribution in [0.3, 0.4) is 0 Å². The largest absolute Gasteiger partial charge is 0.469 e. The van der Waals surface area contributed by atoms with Crippen LogP contribution in [0.2, 0.25) is 0 Å². The van der Waals surface area contributed by atoms with E-state index in [0.717, 1.165) is 26.9 Å². The number of esters is 1. The molecule has 4 heteroatoms. The van der Waals surface area contributed by atoms with Crippen molar-refractivity contribution in [2.24, 2.45) is 0 Å². The normalized spacial score (nSPS) is 19.2. The fourth-order valence-electron chi connectivity index (χ4n) is 2.90. The summed E-state index contributed by atoms with van der Waals surface area (Å²) in [7, 11) is 1.42. The quantitative estimate of drug-likeness (QED) is 0.823. The van der Waals surface area contributed by atoms with Gasteiger partial charge < -0.3 is 10.1 Å². The first kappa shape index (κ1) is 14.1. The fourth-order valence-corrected chi connectivity index (χ4v) is 3.26. The number of benzene rings is 2. The van der Waals surface area contributed by atoms with Crippen LogP contribution in [0, 0.1) is 0 Å². The maximum atomic E-state index is 11.8. The van der Waals surface area contributed by atoms with Gasteiger partial charge in [-0.05, 0) is 36.2 Å². The van der Waals surface area contributed by atoms with Crippen molar-refractivity contribution < 1.29 is 9.53 Å². The smallest absolute Gasteiger partial charge is 0.308 e. The third kappa shape index (κ3) is 2.44. The summed E-state index contributed by atoms with van der Waals surface area (Å²) >= 11 is 3.52. The molecule has 0 saturated carbocycles. The highest BCUT2D eigenvalue weighted by molar-refractivity contribution is 9.10. The van der Waals surface area contributed by atoms with Gasteiger partial charge in [0, 0.05) is 15.7 Å². The van der Waals surface area contributed by atoms with Crippen LogP contribution in [0.5, 0.6) is 0 Å². The average molecular weight is 346 g/mol. The van der Waals surface area contributed by atoms with E-state index < -0.39 is 5.54 Å². The zero-order chi connectivity index (χ0) is 15.0. The summed E-state index contributed by atoms with van der Waals surface area (Å²) in [4.78, 5) is 11.8. The van der Waals surface area contributed by atoms with Crippen molar-refractivity contribution in [3.05, 3.63) is 52.5 Å². The molecule has 1 unspecified atom stereocenters. The molecule has 2 aromatic carbocycles. The van der Waals surface area contributed by atoms with Gasteiger partial charge in [-0.3, -0.25) is 4.79 Å². The number of anilines is 1. The summed E-state index contributed by atoms with van der Waals surface area (Å²) in [5.74, 6) is -0.227. The minimum Gasteiger partial charge on any atom is -0.469 e. The third-order valence-electron chi connectivity index (χ3n) is 3.93. The second-order valence-electron chi connectivity index (χ2n) is 5.45. The number of ether oxygens (including phenoxy) is 1. The van der Waals surface area contributed by atoms with E-state index in [2.05, 4.69) is 39.4 Å². The molecular formula is C17H16BrNO2. The van der Waals surface area contributed by atoms with Gasteiger partial charge in [0.1, 0.15) is 0 Å². The van der Waals surface area contributed by atoms with E-state index in [-0.39, 0.29) is 12.4 Å². The van der Waals surface area contributed by atoms with Crippen LogP contribution in [-0.4, -0.2) is 13.1 Å². The minimum atomic E-state index is -0.486.